The zero-order chi connectivity index (χ0) is 16.4. The molecule has 0 saturated carbocycles. The van der Waals surface area contributed by atoms with Gasteiger partial charge in [-0.2, -0.15) is 0 Å². The van der Waals surface area contributed by atoms with E-state index < -0.39 is 0 Å². The highest BCUT2D eigenvalue weighted by Gasteiger charge is 2.27. The molecule has 2 unspecified atom stereocenters. The number of hydrogen-bond acceptors (Lipinski definition) is 4. The summed E-state index contributed by atoms with van der Waals surface area (Å²) < 4.78 is 5.26. The van der Waals surface area contributed by atoms with E-state index in [9.17, 15) is 4.79 Å². The number of nitrogens with zero attached hydrogens (tertiary/aromatic N) is 1. The van der Waals surface area contributed by atoms with Gasteiger partial charge in [-0.05, 0) is 31.9 Å². The van der Waals surface area contributed by atoms with Gasteiger partial charge >= 0.3 is 0 Å². The van der Waals surface area contributed by atoms with Crippen LogP contribution < -0.4 is 10.6 Å². The van der Waals surface area contributed by atoms with E-state index in [1.807, 2.05) is 18.2 Å². The van der Waals surface area contributed by atoms with Gasteiger partial charge < -0.3 is 15.2 Å². The van der Waals surface area contributed by atoms with Gasteiger partial charge in [-0.3, -0.25) is 4.79 Å². The molecule has 6 heteroatoms. The summed E-state index contributed by atoms with van der Waals surface area (Å²) in [5.74, 6) is 0.761. The van der Waals surface area contributed by atoms with Gasteiger partial charge in [0.05, 0.1) is 5.02 Å². The number of hydrogen-bond donors (Lipinski definition) is 2. The second-order valence-electron chi connectivity index (χ2n) is 5.99. The standard InChI is InChI=1S/C17H20ClN3O2/c1-10-7-8-19-9-14(10)20-17(22)15-11(2)23-21-16(15)12-5-3-4-6-13(12)18/h3-6,10,14,19H,7-9H2,1-2H3,(H,20,22). The lowest BCUT2D eigenvalue weighted by Gasteiger charge is -2.30. The maximum atomic E-state index is 12.8. The fourth-order valence-corrected chi connectivity index (χ4v) is 3.13. The maximum Gasteiger partial charge on any atom is 0.257 e. The van der Waals surface area contributed by atoms with E-state index in [2.05, 4.69) is 22.7 Å². The normalized spacial score (nSPS) is 21.2. The molecule has 2 heterocycles. The van der Waals surface area contributed by atoms with Crippen LogP contribution in [-0.4, -0.2) is 30.2 Å². The molecular weight excluding hydrogens is 314 g/mol. The van der Waals surface area contributed by atoms with Crippen molar-refractivity contribution in [2.24, 2.45) is 5.92 Å². The van der Waals surface area contributed by atoms with Crippen LogP contribution in [0.5, 0.6) is 0 Å². The van der Waals surface area contributed by atoms with Crippen LogP contribution in [0.3, 0.4) is 0 Å². The lowest BCUT2D eigenvalue weighted by atomic mass is 9.94. The Morgan fingerprint density at radius 3 is 2.96 bits per heavy atom. The van der Waals surface area contributed by atoms with Crippen LogP contribution in [0.25, 0.3) is 11.3 Å². The second-order valence-corrected chi connectivity index (χ2v) is 6.40. The SMILES string of the molecule is Cc1onc(-c2ccccc2Cl)c1C(=O)NC1CNCCC1C. The number of nitrogens with one attached hydrogen (secondary N) is 2. The third-order valence-electron chi connectivity index (χ3n) is 4.36. The number of amides is 1. The Labute approximate surface area is 140 Å². The van der Waals surface area contributed by atoms with Crippen molar-refractivity contribution in [3.05, 3.63) is 40.6 Å². The van der Waals surface area contributed by atoms with Crippen LogP contribution in [-0.2, 0) is 0 Å². The van der Waals surface area contributed by atoms with Crippen molar-refractivity contribution >= 4 is 17.5 Å². The zero-order valence-electron chi connectivity index (χ0n) is 13.2. The Morgan fingerprint density at radius 2 is 2.22 bits per heavy atom. The van der Waals surface area contributed by atoms with Crippen molar-refractivity contribution in [1.82, 2.24) is 15.8 Å². The van der Waals surface area contributed by atoms with Gasteiger partial charge in [-0.15, -0.1) is 0 Å². The van der Waals surface area contributed by atoms with Gasteiger partial charge in [0.2, 0.25) is 0 Å². The average molecular weight is 334 g/mol. The molecule has 1 aliphatic rings. The minimum atomic E-state index is -0.167. The fraction of sp³-hybridized carbons (Fsp3) is 0.412. The highest BCUT2D eigenvalue weighted by atomic mass is 35.5. The highest BCUT2D eigenvalue weighted by Crippen LogP contribution is 2.31. The summed E-state index contributed by atoms with van der Waals surface area (Å²) in [4.78, 5) is 12.8. The van der Waals surface area contributed by atoms with Crippen molar-refractivity contribution in [1.29, 1.82) is 0 Å². The molecule has 2 aromatic rings. The number of halogens is 1. The van der Waals surface area contributed by atoms with Crippen LogP contribution in [0, 0.1) is 12.8 Å². The molecule has 0 bridgehead atoms. The molecule has 0 spiro atoms. The maximum absolute atomic E-state index is 12.8. The molecule has 1 fully saturated rings. The second kappa shape index (κ2) is 6.72. The number of aromatic nitrogens is 1. The van der Waals surface area contributed by atoms with E-state index in [1.54, 1.807) is 13.0 Å². The first-order chi connectivity index (χ1) is 11.1. The van der Waals surface area contributed by atoms with Crippen LogP contribution in [0.2, 0.25) is 5.02 Å². The summed E-state index contributed by atoms with van der Waals surface area (Å²) in [7, 11) is 0. The number of rotatable bonds is 3. The number of piperidine rings is 1. The zero-order valence-corrected chi connectivity index (χ0v) is 14.0. The Bertz CT molecular complexity index is 714. The van der Waals surface area contributed by atoms with E-state index in [4.69, 9.17) is 16.1 Å². The van der Waals surface area contributed by atoms with Gasteiger partial charge in [0.1, 0.15) is 17.0 Å². The summed E-state index contributed by atoms with van der Waals surface area (Å²) in [6.45, 7) is 5.66. The molecule has 5 nitrogen and oxygen atoms in total. The van der Waals surface area contributed by atoms with E-state index in [0.29, 0.717) is 33.5 Å². The summed E-state index contributed by atoms with van der Waals surface area (Å²) >= 11 is 6.24. The lowest BCUT2D eigenvalue weighted by Crippen LogP contribution is -2.50. The van der Waals surface area contributed by atoms with Crippen LogP contribution in [0.4, 0.5) is 0 Å². The van der Waals surface area contributed by atoms with Crippen molar-refractivity contribution < 1.29 is 9.32 Å². The molecule has 1 amide bonds. The quantitative estimate of drug-likeness (QED) is 0.906. The van der Waals surface area contributed by atoms with Crippen molar-refractivity contribution in [2.45, 2.75) is 26.3 Å². The number of carbonyl (C=O) groups excluding carboxylic acids is 1. The predicted octanol–water partition coefficient (Wildman–Crippen LogP) is 3.03. The molecular formula is C17H20ClN3O2. The molecule has 1 aromatic heterocycles. The third-order valence-corrected chi connectivity index (χ3v) is 4.69. The monoisotopic (exact) mass is 333 g/mol. The number of aryl methyl sites for hydroxylation is 1. The molecule has 0 aliphatic carbocycles. The van der Waals surface area contributed by atoms with Crippen LogP contribution in [0.1, 0.15) is 29.5 Å². The number of carbonyl (C=O) groups is 1. The predicted molar refractivity (Wildman–Crippen MR) is 89.6 cm³/mol. The van der Waals surface area contributed by atoms with Gasteiger partial charge in [-0.25, -0.2) is 0 Å². The first-order valence-corrected chi connectivity index (χ1v) is 8.18. The van der Waals surface area contributed by atoms with Crippen molar-refractivity contribution in [3.8, 4) is 11.3 Å². The third kappa shape index (κ3) is 3.26. The van der Waals surface area contributed by atoms with E-state index in [1.165, 1.54) is 0 Å². The van der Waals surface area contributed by atoms with Crippen LogP contribution in [0.15, 0.2) is 28.8 Å². The fourth-order valence-electron chi connectivity index (χ4n) is 2.90. The topological polar surface area (TPSA) is 67.2 Å². The summed E-state index contributed by atoms with van der Waals surface area (Å²) in [5, 5.41) is 11.0. The van der Waals surface area contributed by atoms with Gasteiger partial charge in [0.15, 0.2) is 0 Å². The van der Waals surface area contributed by atoms with Gasteiger partial charge in [0.25, 0.3) is 5.91 Å². The molecule has 3 rings (SSSR count). The molecule has 2 atom stereocenters. The smallest absolute Gasteiger partial charge is 0.257 e. The largest absolute Gasteiger partial charge is 0.360 e. The molecule has 1 aromatic carbocycles. The van der Waals surface area contributed by atoms with Crippen LogP contribution >= 0.6 is 11.6 Å². The van der Waals surface area contributed by atoms with E-state index >= 15 is 0 Å². The summed E-state index contributed by atoms with van der Waals surface area (Å²) in [6.07, 6.45) is 1.05. The van der Waals surface area contributed by atoms with E-state index in [0.717, 1.165) is 19.5 Å². The van der Waals surface area contributed by atoms with Gasteiger partial charge in [0, 0.05) is 18.2 Å². The Hall–Kier alpha value is -1.85. The Balaban J connectivity index is 1.89. The average Bonchev–Trinajstić information content (AvgIpc) is 2.91. The molecule has 0 radical (unpaired) electrons. The molecule has 1 saturated heterocycles. The van der Waals surface area contributed by atoms with Crippen molar-refractivity contribution in [3.63, 3.8) is 0 Å². The molecule has 2 N–H and O–H groups in total. The Kier molecular flexibility index (Phi) is 4.68. The molecule has 122 valence electrons. The summed E-state index contributed by atoms with van der Waals surface area (Å²) in [5.41, 5.74) is 1.64. The molecule has 23 heavy (non-hydrogen) atoms. The Morgan fingerprint density at radius 1 is 1.43 bits per heavy atom. The first kappa shape index (κ1) is 16.0. The summed E-state index contributed by atoms with van der Waals surface area (Å²) in [6, 6.07) is 7.41. The minimum Gasteiger partial charge on any atom is -0.360 e. The highest BCUT2D eigenvalue weighted by molar-refractivity contribution is 6.33. The van der Waals surface area contributed by atoms with Crippen molar-refractivity contribution in [2.75, 3.05) is 13.1 Å². The number of benzene rings is 1. The minimum absolute atomic E-state index is 0.102. The molecule has 1 aliphatic heterocycles. The van der Waals surface area contributed by atoms with E-state index in [-0.39, 0.29) is 11.9 Å². The first-order valence-electron chi connectivity index (χ1n) is 7.80. The lowest BCUT2D eigenvalue weighted by molar-refractivity contribution is 0.0914. The van der Waals surface area contributed by atoms with Gasteiger partial charge in [-0.1, -0.05) is 41.9 Å².